The first-order chi connectivity index (χ1) is 8.11. The molecule has 2 atom stereocenters. The van der Waals surface area contributed by atoms with E-state index in [1.807, 2.05) is 0 Å². The van der Waals surface area contributed by atoms with Crippen molar-refractivity contribution in [2.45, 2.75) is 46.6 Å². The van der Waals surface area contributed by atoms with Gasteiger partial charge in [0.2, 0.25) is 0 Å². The first kappa shape index (κ1) is 16.9. The fraction of sp³-hybridized carbons (Fsp3) is 1.00. The van der Waals surface area contributed by atoms with Crippen LogP contribution in [0, 0.1) is 11.8 Å². The van der Waals surface area contributed by atoms with E-state index in [0.717, 1.165) is 25.5 Å². The van der Waals surface area contributed by atoms with Gasteiger partial charge in [0.25, 0.3) is 0 Å². The van der Waals surface area contributed by atoms with Crippen LogP contribution >= 0.6 is 0 Å². The molecule has 0 aliphatic rings. The molecule has 0 heterocycles. The molecule has 0 aromatic carbocycles. The Hall–Kier alpha value is -0.120. The highest BCUT2D eigenvalue weighted by Gasteiger charge is 2.16. The lowest BCUT2D eigenvalue weighted by Gasteiger charge is -2.26. The summed E-state index contributed by atoms with van der Waals surface area (Å²) in [5, 5.41) is 3.57. The zero-order valence-corrected chi connectivity index (χ0v) is 12.3. The maximum absolute atomic E-state index is 5.54. The molecule has 3 heteroatoms. The van der Waals surface area contributed by atoms with E-state index in [0.29, 0.717) is 25.2 Å². The van der Waals surface area contributed by atoms with Crippen molar-refractivity contribution in [2.75, 3.05) is 33.5 Å². The number of nitrogens with one attached hydrogen (secondary N) is 1. The molecule has 3 nitrogen and oxygen atoms in total. The van der Waals surface area contributed by atoms with Crippen LogP contribution in [0.4, 0.5) is 0 Å². The van der Waals surface area contributed by atoms with Crippen molar-refractivity contribution < 1.29 is 9.47 Å². The molecule has 0 bridgehead atoms. The molecule has 0 amide bonds. The highest BCUT2D eigenvalue weighted by Crippen LogP contribution is 2.17. The first-order valence-corrected chi connectivity index (χ1v) is 6.91. The van der Waals surface area contributed by atoms with Gasteiger partial charge in [0, 0.05) is 19.8 Å². The number of rotatable bonds is 11. The molecule has 0 aliphatic heterocycles. The number of methoxy groups -OCH3 is 1. The van der Waals surface area contributed by atoms with Gasteiger partial charge in [0.05, 0.1) is 13.2 Å². The summed E-state index contributed by atoms with van der Waals surface area (Å²) < 4.78 is 10.5. The molecule has 0 aromatic heterocycles. The van der Waals surface area contributed by atoms with E-state index in [-0.39, 0.29) is 0 Å². The second-order valence-corrected chi connectivity index (χ2v) is 5.16. The summed E-state index contributed by atoms with van der Waals surface area (Å²) in [6, 6.07) is 0.574. The van der Waals surface area contributed by atoms with Crippen molar-refractivity contribution in [1.29, 1.82) is 0 Å². The zero-order valence-electron chi connectivity index (χ0n) is 12.3. The zero-order chi connectivity index (χ0) is 13.1. The molecule has 1 N–H and O–H groups in total. The number of hydrogen-bond acceptors (Lipinski definition) is 3. The van der Waals surface area contributed by atoms with Gasteiger partial charge in [-0.25, -0.2) is 0 Å². The van der Waals surface area contributed by atoms with Crippen molar-refractivity contribution in [2.24, 2.45) is 11.8 Å². The lowest BCUT2D eigenvalue weighted by molar-refractivity contribution is 0.0627. The number of hydrogen-bond donors (Lipinski definition) is 1. The van der Waals surface area contributed by atoms with Gasteiger partial charge in [-0.15, -0.1) is 0 Å². The van der Waals surface area contributed by atoms with Crippen molar-refractivity contribution in [3.8, 4) is 0 Å². The lowest BCUT2D eigenvalue weighted by Crippen LogP contribution is -2.36. The Morgan fingerprint density at radius 1 is 1.06 bits per heavy atom. The van der Waals surface area contributed by atoms with Crippen LogP contribution in [-0.2, 0) is 9.47 Å². The summed E-state index contributed by atoms with van der Waals surface area (Å²) in [5.41, 5.74) is 0. The van der Waals surface area contributed by atoms with Crippen LogP contribution in [0.3, 0.4) is 0 Å². The smallest absolute Gasteiger partial charge is 0.0700 e. The molecule has 2 unspecified atom stereocenters. The van der Waals surface area contributed by atoms with Gasteiger partial charge in [-0.3, -0.25) is 0 Å². The predicted octanol–water partition coefficient (Wildman–Crippen LogP) is 2.70. The molecule has 0 fully saturated rings. The van der Waals surface area contributed by atoms with Crippen LogP contribution < -0.4 is 5.32 Å². The molecule has 17 heavy (non-hydrogen) atoms. The third-order valence-corrected chi connectivity index (χ3v) is 3.00. The Balaban J connectivity index is 3.80. The minimum atomic E-state index is 0.574. The van der Waals surface area contributed by atoms with Gasteiger partial charge >= 0.3 is 0 Å². The van der Waals surface area contributed by atoms with Crippen LogP contribution in [0.2, 0.25) is 0 Å². The molecular weight excluding hydrogens is 214 g/mol. The molecule has 0 saturated carbocycles. The molecule has 0 aliphatic carbocycles. The monoisotopic (exact) mass is 245 g/mol. The maximum Gasteiger partial charge on any atom is 0.0700 e. The molecular formula is C14H31NO2. The maximum atomic E-state index is 5.54. The second-order valence-electron chi connectivity index (χ2n) is 5.16. The van der Waals surface area contributed by atoms with E-state index < -0.39 is 0 Å². The summed E-state index contributed by atoms with van der Waals surface area (Å²) in [7, 11) is 1.70. The minimum absolute atomic E-state index is 0.574. The third-order valence-electron chi connectivity index (χ3n) is 3.00. The van der Waals surface area contributed by atoms with Gasteiger partial charge in [-0.05, 0) is 31.2 Å². The largest absolute Gasteiger partial charge is 0.382 e. The van der Waals surface area contributed by atoms with Crippen LogP contribution in [0.1, 0.15) is 40.5 Å². The Morgan fingerprint density at radius 3 is 2.29 bits per heavy atom. The molecule has 0 rings (SSSR count). The number of ether oxygens (including phenoxy) is 2. The molecule has 0 spiro atoms. The van der Waals surface area contributed by atoms with Crippen molar-refractivity contribution >= 4 is 0 Å². The highest BCUT2D eigenvalue weighted by atomic mass is 16.5. The van der Waals surface area contributed by atoms with Crippen LogP contribution in [0.15, 0.2) is 0 Å². The molecule has 0 saturated heterocycles. The van der Waals surface area contributed by atoms with E-state index in [1.165, 1.54) is 6.42 Å². The van der Waals surface area contributed by atoms with Crippen LogP contribution in [0.5, 0.6) is 0 Å². The van der Waals surface area contributed by atoms with E-state index in [9.17, 15) is 0 Å². The Morgan fingerprint density at radius 2 is 1.76 bits per heavy atom. The van der Waals surface area contributed by atoms with Crippen molar-refractivity contribution in [3.05, 3.63) is 0 Å². The van der Waals surface area contributed by atoms with Gasteiger partial charge in [-0.2, -0.15) is 0 Å². The van der Waals surface area contributed by atoms with Gasteiger partial charge in [0.15, 0.2) is 0 Å². The van der Waals surface area contributed by atoms with E-state index in [1.54, 1.807) is 7.11 Å². The second kappa shape index (κ2) is 11.0. The molecule has 0 radical (unpaired) electrons. The van der Waals surface area contributed by atoms with Gasteiger partial charge in [-0.1, -0.05) is 27.7 Å². The Bertz CT molecular complexity index is 162. The topological polar surface area (TPSA) is 30.5 Å². The van der Waals surface area contributed by atoms with E-state index in [2.05, 4.69) is 33.0 Å². The summed E-state index contributed by atoms with van der Waals surface area (Å²) in [4.78, 5) is 0. The summed E-state index contributed by atoms with van der Waals surface area (Å²) >= 11 is 0. The summed E-state index contributed by atoms with van der Waals surface area (Å²) in [6.45, 7) is 12.3. The first-order valence-electron chi connectivity index (χ1n) is 6.91. The average Bonchev–Trinajstić information content (AvgIpc) is 2.26. The normalized spacial score (nSPS) is 15.2. The van der Waals surface area contributed by atoms with Gasteiger partial charge in [0.1, 0.15) is 0 Å². The van der Waals surface area contributed by atoms with Crippen LogP contribution in [-0.4, -0.2) is 39.5 Å². The fourth-order valence-corrected chi connectivity index (χ4v) is 2.21. The Kier molecular flexibility index (Phi) is 10.9. The molecule has 104 valence electrons. The van der Waals surface area contributed by atoms with Gasteiger partial charge < -0.3 is 14.8 Å². The average molecular weight is 245 g/mol. The minimum Gasteiger partial charge on any atom is -0.382 e. The van der Waals surface area contributed by atoms with Crippen LogP contribution in [0.25, 0.3) is 0 Å². The summed E-state index contributed by atoms with van der Waals surface area (Å²) in [6.07, 6.45) is 2.36. The molecule has 0 aromatic rings. The van der Waals surface area contributed by atoms with Crippen molar-refractivity contribution in [3.63, 3.8) is 0 Å². The van der Waals surface area contributed by atoms with Crippen molar-refractivity contribution in [1.82, 2.24) is 5.32 Å². The predicted molar refractivity (Wildman–Crippen MR) is 73.4 cm³/mol. The summed E-state index contributed by atoms with van der Waals surface area (Å²) in [5.74, 6) is 1.47. The quantitative estimate of drug-likeness (QED) is 0.568. The fourth-order valence-electron chi connectivity index (χ4n) is 2.21. The third kappa shape index (κ3) is 9.57. The standard InChI is InChI=1S/C14H31NO2/c1-6-15-14(13(4)11-12(2)3)7-8-17-10-9-16-5/h12-15H,6-11H2,1-5H3. The van der Waals surface area contributed by atoms with E-state index in [4.69, 9.17) is 9.47 Å². The van der Waals surface area contributed by atoms with E-state index >= 15 is 0 Å². The highest BCUT2D eigenvalue weighted by molar-refractivity contribution is 4.73. The Labute approximate surface area is 107 Å². The SMILES string of the molecule is CCNC(CCOCCOC)C(C)CC(C)C. The lowest BCUT2D eigenvalue weighted by atomic mass is 9.90.